The van der Waals surface area contributed by atoms with E-state index < -0.39 is 0 Å². The second-order valence-electron chi connectivity index (χ2n) is 6.66. The fraction of sp³-hybridized carbons (Fsp3) is 0.938. The topological polar surface area (TPSA) is 58.4 Å². The third-order valence-corrected chi connectivity index (χ3v) is 5.07. The van der Waals surface area contributed by atoms with Crippen molar-refractivity contribution in [3.8, 4) is 0 Å². The maximum absolute atomic E-state index is 12.3. The highest BCUT2D eigenvalue weighted by Crippen LogP contribution is 2.28. The van der Waals surface area contributed by atoms with Gasteiger partial charge in [0, 0.05) is 18.5 Å². The molecule has 1 aliphatic carbocycles. The van der Waals surface area contributed by atoms with Crippen LogP contribution in [0.15, 0.2) is 0 Å². The number of rotatable bonds is 5. The molecule has 3 atom stereocenters. The molecule has 1 aliphatic heterocycles. The normalized spacial score (nSPS) is 29.9. The number of hydrogen-bond donors (Lipinski definition) is 2. The van der Waals surface area contributed by atoms with Crippen LogP contribution in [0, 0.1) is 11.8 Å². The van der Waals surface area contributed by atoms with Crippen molar-refractivity contribution in [1.29, 1.82) is 0 Å². The summed E-state index contributed by atoms with van der Waals surface area (Å²) >= 11 is 0. The van der Waals surface area contributed by atoms with Gasteiger partial charge in [-0.1, -0.05) is 12.8 Å². The minimum absolute atomic E-state index is 0.200. The average Bonchev–Trinajstić information content (AvgIpc) is 2.53. The van der Waals surface area contributed by atoms with Crippen LogP contribution >= 0.6 is 0 Å². The van der Waals surface area contributed by atoms with Crippen molar-refractivity contribution in [2.75, 3.05) is 26.2 Å². The SMILES string of the molecule is CC(CNC(=O)C1CCCC(CN)C1)N1CCCCC1. The van der Waals surface area contributed by atoms with Gasteiger partial charge in [-0.15, -0.1) is 0 Å². The smallest absolute Gasteiger partial charge is 0.223 e. The lowest BCUT2D eigenvalue weighted by atomic mass is 9.81. The summed E-state index contributed by atoms with van der Waals surface area (Å²) in [6.07, 6.45) is 8.35. The predicted octanol–water partition coefficient (Wildman–Crippen LogP) is 1.74. The predicted molar refractivity (Wildman–Crippen MR) is 82.4 cm³/mol. The highest BCUT2D eigenvalue weighted by atomic mass is 16.1. The van der Waals surface area contributed by atoms with E-state index in [1.54, 1.807) is 0 Å². The number of amides is 1. The van der Waals surface area contributed by atoms with E-state index in [1.165, 1.54) is 38.8 Å². The third kappa shape index (κ3) is 4.45. The van der Waals surface area contributed by atoms with Crippen molar-refractivity contribution < 1.29 is 4.79 Å². The molecule has 2 rings (SSSR count). The van der Waals surface area contributed by atoms with Crippen LogP contribution in [0.2, 0.25) is 0 Å². The minimum Gasteiger partial charge on any atom is -0.354 e. The van der Waals surface area contributed by atoms with Crippen LogP contribution in [0.3, 0.4) is 0 Å². The molecule has 1 saturated heterocycles. The van der Waals surface area contributed by atoms with E-state index >= 15 is 0 Å². The zero-order valence-corrected chi connectivity index (χ0v) is 12.9. The first kappa shape index (κ1) is 15.8. The average molecular weight is 281 g/mol. The quantitative estimate of drug-likeness (QED) is 0.807. The van der Waals surface area contributed by atoms with E-state index in [2.05, 4.69) is 17.1 Å². The molecule has 4 heteroatoms. The number of carbonyl (C=O) groups excluding carboxylic acids is 1. The van der Waals surface area contributed by atoms with Gasteiger partial charge in [0.15, 0.2) is 0 Å². The van der Waals surface area contributed by atoms with Gasteiger partial charge in [0.25, 0.3) is 0 Å². The first-order valence-corrected chi connectivity index (χ1v) is 8.42. The molecule has 3 N–H and O–H groups in total. The van der Waals surface area contributed by atoms with Gasteiger partial charge in [0.05, 0.1) is 0 Å². The number of hydrogen-bond acceptors (Lipinski definition) is 3. The summed E-state index contributed by atoms with van der Waals surface area (Å²) in [5.41, 5.74) is 5.75. The molecule has 0 aromatic carbocycles. The Balaban J connectivity index is 1.71. The number of nitrogens with one attached hydrogen (secondary N) is 1. The summed E-state index contributed by atoms with van der Waals surface area (Å²) < 4.78 is 0. The van der Waals surface area contributed by atoms with Crippen molar-refractivity contribution in [3.63, 3.8) is 0 Å². The van der Waals surface area contributed by atoms with E-state index in [1.807, 2.05) is 0 Å². The Bertz CT molecular complexity index is 302. The number of nitrogens with zero attached hydrogens (tertiary/aromatic N) is 1. The van der Waals surface area contributed by atoms with Crippen LogP contribution in [0.25, 0.3) is 0 Å². The second kappa shape index (κ2) is 7.99. The second-order valence-corrected chi connectivity index (χ2v) is 6.66. The van der Waals surface area contributed by atoms with Crippen LogP contribution < -0.4 is 11.1 Å². The summed E-state index contributed by atoms with van der Waals surface area (Å²) in [5.74, 6) is 1.01. The molecule has 1 amide bonds. The number of likely N-dealkylation sites (tertiary alicyclic amines) is 1. The zero-order valence-electron chi connectivity index (χ0n) is 12.9. The van der Waals surface area contributed by atoms with E-state index in [4.69, 9.17) is 5.73 Å². The monoisotopic (exact) mass is 281 g/mol. The molecule has 4 nitrogen and oxygen atoms in total. The first-order chi connectivity index (χ1) is 9.70. The number of piperidine rings is 1. The molecule has 2 aliphatic rings. The maximum Gasteiger partial charge on any atom is 0.223 e. The first-order valence-electron chi connectivity index (χ1n) is 8.42. The van der Waals surface area contributed by atoms with Crippen LogP contribution in [0.5, 0.6) is 0 Å². The van der Waals surface area contributed by atoms with Gasteiger partial charge in [-0.05, 0) is 64.6 Å². The van der Waals surface area contributed by atoms with Gasteiger partial charge >= 0.3 is 0 Å². The van der Waals surface area contributed by atoms with Crippen molar-refractivity contribution in [1.82, 2.24) is 10.2 Å². The lowest BCUT2D eigenvalue weighted by molar-refractivity contribution is -0.126. The van der Waals surface area contributed by atoms with E-state index in [9.17, 15) is 4.79 Å². The van der Waals surface area contributed by atoms with Gasteiger partial charge in [-0.3, -0.25) is 9.69 Å². The van der Waals surface area contributed by atoms with E-state index in [0.717, 1.165) is 32.4 Å². The summed E-state index contributed by atoms with van der Waals surface area (Å²) in [6, 6.07) is 0.466. The molecule has 2 fully saturated rings. The third-order valence-electron chi connectivity index (χ3n) is 5.07. The standard InChI is InChI=1S/C16H31N3O/c1-13(19-8-3-2-4-9-19)12-18-16(20)15-7-5-6-14(10-15)11-17/h13-15H,2-12,17H2,1H3,(H,18,20). The summed E-state index contributed by atoms with van der Waals surface area (Å²) in [6.45, 7) is 6.14. The zero-order chi connectivity index (χ0) is 14.4. The van der Waals surface area contributed by atoms with Crippen molar-refractivity contribution in [3.05, 3.63) is 0 Å². The van der Waals surface area contributed by atoms with Gasteiger partial charge in [-0.2, -0.15) is 0 Å². The Morgan fingerprint density at radius 2 is 2.00 bits per heavy atom. The van der Waals surface area contributed by atoms with Crippen LogP contribution in [0.4, 0.5) is 0 Å². The molecule has 0 aromatic heterocycles. The molecule has 1 saturated carbocycles. The van der Waals surface area contributed by atoms with Crippen molar-refractivity contribution >= 4 is 5.91 Å². The summed E-state index contributed by atoms with van der Waals surface area (Å²) in [7, 11) is 0. The summed E-state index contributed by atoms with van der Waals surface area (Å²) in [5, 5.41) is 3.17. The Morgan fingerprint density at radius 1 is 1.25 bits per heavy atom. The van der Waals surface area contributed by atoms with E-state index in [-0.39, 0.29) is 11.8 Å². The largest absolute Gasteiger partial charge is 0.354 e. The highest BCUT2D eigenvalue weighted by molar-refractivity contribution is 5.78. The van der Waals surface area contributed by atoms with Gasteiger partial charge in [0.1, 0.15) is 0 Å². The Kier molecular flexibility index (Phi) is 6.30. The molecular formula is C16H31N3O. The van der Waals surface area contributed by atoms with Gasteiger partial charge in [-0.25, -0.2) is 0 Å². The molecule has 0 aromatic rings. The molecule has 0 bridgehead atoms. The molecule has 1 heterocycles. The molecule has 116 valence electrons. The molecule has 0 spiro atoms. The fourth-order valence-corrected chi connectivity index (χ4v) is 3.62. The number of carbonyl (C=O) groups is 1. The molecular weight excluding hydrogens is 250 g/mol. The molecule has 0 radical (unpaired) electrons. The Labute approximate surface area is 123 Å². The Hall–Kier alpha value is -0.610. The molecule has 20 heavy (non-hydrogen) atoms. The summed E-state index contributed by atoms with van der Waals surface area (Å²) in [4.78, 5) is 14.8. The molecule has 3 unspecified atom stereocenters. The van der Waals surface area contributed by atoms with Gasteiger partial charge in [0.2, 0.25) is 5.91 Å². The fourth-order valence-electron chi connectivity index (χ4n) is 3.62. The highest BCUT2D eigenvalue weighted by Gasteiger charge is 2.27. The van der Waals surface area contributed by atoms with Crippen LogP contribution in [-0.4, -0.2) is 43.0 Å². The Morgan fingerprint density at radius 3 is 2.70 bits per heavy atom. The maximum atomic E-state index is 12.3. The van der Waals surface area contributed by atoms with Gasteiger partial charge < -0.3 is 11.1 Å². The lowest BCUT2D eigenvalue weighted by Crippen LogP contribution is -2.46. The van der Waals surface area contributed by atoms with Crippen molar-refractivity contribution in [2.45, 2.75) is 57.9 Å². The van der Waals surface area contributed by atoms with Crippen LogP contribution in [-0.2, 0) is 4.79 Å². The number of nitrogens with two attached hydrogens (primary N) is 1. The minimum atomic E-state index is 0.200. The van der Waals surface area contributed by atoms with Crippen LogP contribution in [0.1, 0.15) is 51.9 Å². The van der Waals surface area contributed by atoms with Crippen molar-refractivity contribution in [2.24, 2.45) is 17.6 Å². The lowest BCUT2D eigenvalue weighted by Gasteiger charge is -2.33. The van der Waals surface area contributed by atoms with E-state index in [0.29, 0.717) is 12.0 Å².